The summed E-state index contributed by atoms with van der Waals surface area (Å²) < 4.78 is 5.76. The Balaban J connectivity index is 1.87. The second kappa shape index (κ2) is 6.36. The molecule has 2 aliphatic heterocycles. The molecule has 0 spiro atoms. The van der Waals surface area contributed by atoms with Gasteiger partial charge < -0.3 is 10.1 Å². The van der Waals surface area contributed by atoms with Crippen molar-refractivity contribution in [2.45, 2.75) is 70.6 Å². The van der Waals surface area contributed by atoms with E-state index in [0.29, 0.717) is 17.7 Å². The largest absolute Gasteiger partial charge is 0.378 e. The first kappa shape index (κ1) is 14.3. The van der Waals surface area contributed by atoms with E-state index in [1.807, 2.05) is 0 Å². The molecule has 106 valence electrons. The molecule has 3 atom stereocenters. The number of nitrogens with one attached hydrogen (secondary N) is 1. The molecule has 0 aliphatic carbocycles. The fourth-order valence-corrected chi connectivity index (χ4v) is 3.18. The van der Waals surface area contributed by atoms with Crippen LogP contribution < -0.4 is 5.32 Å². The Hall–Kier alpha value is -0.120. The molecule has 2 fully saturated rings. The predicted molar refractivity (Wildman–Crippen MR) is 75.9 cm³/mol. The maximum absolute atomic E-state index is 5.76. The smallest absolute Gasteiger partial charge is 0.0588 e. The van der Waals surface area contributed by atoms with Gasteiger partial charge in [-0.25, -0.2) is 0 Å². The van der Waals surface area contributed by atoms with Crippen molar-refractivity contribution in [3.05, 3.63) is 0 Å². The van der Waals surface area contributed by atoms with Crippen molar-refractivity contribution in [3.63, 3.8) is 0 Å². The second-order valence-corrected chi connectivity index (χ2v) is 6.21. The molecule has 18 heavy (non-hydrogen) atoms. The minimum absolute atomic E-state index is 0.338. The Morgan fingerprint density at radius 3 is 2.83 bits per heavy atom. The molecule has 3 unspecified atom stereocenters. The van der Waals surface area contributed by atoms with Crippen LogP contribution in [0.15, 0.2) is 0 Å². The molecule has 1 N–H and O–H groups in total. The molecule has 0 aromatic heterocycles. The Morgan fingerprint density at radius 2 is 2.22 bits per heavy atom. The van der Waals surface area contributed by atoms with Gasteiger partial charge in [0, 0.05) is 37.8 Å². The average molecular weight is 254 g/mol. The van der Waals surface area contributed by atoms with E-state index >= 15 is 0 Å². The van der Waals surface area contributed by atoms with Crippen LogP contribution in [0.4, 0.5) is 0 Å². The van der Waals surface area contributed by atoms with Gasteiger partial charge in [0.25, 0.3) is 0 Å². The number of piperazine rings is 1. The van der Waals surface area contributed by atoms with Gasteiger partial charge >= 0.3 is 0 Å². The highest BCUT2D eigenvalue weighted by molar-refractivity contribution is 4.95. The van der Waals surface area contributed by atoms with Gasteiger partial charge in [0.15, 0.2) is 0 Å². The first-order chi connectivity index (χ1) is 8.68. The van der Waals surface area contributed by atoms with E-state index in [1.54, 1.807) is 0 Å². The quantitative estimate of drug-likeness (QED) is 0.815. The summed E-state index contributed by atoms with van der Waals surface area (Å²) >= 11 is 0. The van der Waals surface area contributed by atoms with Crippen LogP contribution in [0.3, 0.4) is 0 Å². The first-order valence-corrected chi connectivity index (χ1v) is 7.78. The lowest BCUT2D eigenvalue weighted by Crippen LogP contribution is -2.63. The van der Waals surface area contributed by atoms with Crippen LogP contribution in [0.5, 0.6) is 0 Å². The second-order valence-electron chi connectivity index (χ2n) is 6.21. The normalized spacial score (nSPS) is 38.2. The van der Waals surface area contributed by atoms with Gasteiger partial charge in [-0.2, -0.15) is 0 Å². The maximum atomic E-state index is 5.76. The molecular formula is C15H30N2O. The number of hydrogen-bond donors (Lipinski definition) is 1. The zero-order valence-electron chi connectivity index (χ0n) is 12.4. The molecule has 0 amide bonds. The monoisotopic (exact) mass is 254 g/mol. The lowest BCUT2D eigenvalue weighted by Gasteiger charge is -2.48. The molecule has 3 heteroatoms. The zero-order chi connectivity index (χ0) is 13.0. The number of hydrogen-bond acceptors (Lipinski definition) is 3. The molecule has 2 heterocycles. The van der Waals surface area contributed by atoms with E-state index in [1.165, 1.54) is 45.2 Å². The average Bonchev–Trinajstić information content (AvgIpc) is 2.91. The van der Waals surface area contributed by atoms with E-state index < -0.39 is 0 Å². The van der Waals surface area contributed by atoms with Crippen molar-refractivity contribution in [1.82, 2.24) is 10.2 Å². The van der Waals surface area contributed by atoms with E-state index in [4.69, 9.17) is 4.74 Å². The van der Waals surface area contributed by atoms with Crippen LogP contribution >= 0.6 is 0 Å². The summed E-state index contributed by atoms with van der Waals surface area (Å²) in [6, 6.07) is 0.675. The Bertz CT molecular complexity index is 253. The third kappa shape index (κ3) is 3.25. The van der Waals surface area contributed by atoms with Crippen molar-refractivity contribution in [3.8, 4) is 0 Å². The van der Waals surface area contributed by atoms with E-state index in [2.05, 4.69) is 31.0 Å². The molecule has 0 aromatic rings. The summed E-state index contributed by atoms with van der Waals surface area (Å²) in [6.45, 7) is 11.5. The predicted octanol–water partition coefficient (Wildman–Crippen LogP) is 2.41. The lowest BCUT2D eigenvalue weighted by molar-refractivity contribution is 0.0267. The molecule has 2 aliphatic rings. The van der Waals surface area contributed by atoms with Crippen molar-refractivity contribution in [2.24, 2.45) is 0 Å². The van der Waals surface area contributed by atoms with Gasteiger partial charge in [-0.15, -0.1) is 0 Å². The van der Waals surface area contributed by atoms with Gasteiger partial charge in [0.1, 0.15) is 0 Å². The van der Waals surface area contributed by atoms with Crippen LogP contribution in [0.25, 0.3) is 0 Å². The highest BCUT2D eigenvalue weighted by atomic mass is 16.5. The van der Waals surface area contributed by atoms with Crippen LogP contribution in [0.2, 0.25) is 0 Å². The van der Waals surface area contributed by atoms with Gasteiger partial charge in [-0.05, 0) is 39.0 Å². The molecule has 0 bridgehead atoms. The van der Waals surface area contributed by atoms with Crippen molar-refractivity contribution >= 4 is 0 Å². The number of ether oxygens (including phenoxy) is 1. The fraction of sp³-hybridized carbons (Fsp3) is 1.00. The van der Waals surface area contributed by atoms with E-state index in [9.17, 15) is 0 Å². The minimum Gasteiger partial charge on any atom is -0.378 e. The SMILES string of the molecule is CCC1CN(CCC2CCCO2)C(C)(CC)CN1. The summed E-state index contributed by atoms with van der Waals surface area (Å²) in [5, 5.41) is 3.70. The zero-order valence-corrected chi connectivity index (χ0v) is 12.4. The summed E-state index contributed by atoms with van der Waals surface area (Å²) in [7, 11) is 0. The van der Waals surface area contributed by atoms with Crippen molar-refractivity contribution in [2.75, 3.05) is 26.2 Å². The van der Waals surface area contributed by atoms with Gasteiger partial charge in [-0.3, -0.25) is 4.90 Å². The fourth-order valence-electron chi connectivity index (χ4n) is 3.18. The number of nitrogens with zero attached hydrogens (tertiary/aromatic N) is 1. The molecule has 0 radical (unpaired) electrons. The Morgan fingerprint density at radius 1 is 1.39 bits per heavy atom. The van der Waals surface area contributed by atoms with Gasteiger partial charge in [0.2, 0.25) is 0 Å². The molecule has 2 saturated heterocycles. The molecule has 2 rings (SSSR count). The van der Waals surface area contributed by atoms with E-state index in [-0.39, 0.29) is 0 Å². The summed E-state index contributed by atoms with van der Waals surface area (Å²) in [6.07, 6.45) is 6.73. The molecular weight excluding hydrogens is 224 g/mol. The van der Waals surface area contributed by atoms with Crippen LogP contribution in [0, 0.1) is 0 Å². The summed E-state index contributed by atoms with van der Waals surface area (Å²) in [5.74, 6) is 0. The van der Waals surface area contributed by atoms with E-state index in [0.717, 1.165) is 13.2 Å². The topological polar surface area (TPSA) is 24.5 Å². The van der Waals surface area contributed by atoms with Crippen LogP contribution in [-0.2, 0) is 4.74 Å². The highest BCUT2D eigenvalue weighted by Gasteiger charge is 2.35. The molecule has 0 saturated carbocycles. The third-order valence-electron chi connectivity index (χ3n) is 4.98. The first-order valence-electron chi connectivity index (χ1n) is 7.78. The van der Waals surface area contributed by atoms with Gasteiger partial charge in [0.05, 0.1) is 6.10 Å². The van der Waals surface area contributed by atoms with Crippen molar-refractivity contribution < 1.29 is 4.74 Å². The summed E-state index contributed by atoms with van der Waals surface area (Å²) in [4.78, 5) is 2.71. The Kier molecular flexibility index (Phi) is 5.05. The maximum Gasteiger partial charge on any atom is 0.0588 e. The standard InChI is InChI=1S/C15H30N2O/c1-4-13-11-17(15(3,5-2)12-16-13)9-8-14-7-6-10-18-14/h13-14,16H,4-12H2,1-3H3. The lowest BCUT2D eigenvalue weighted by atomic mass is 9.91. The van der Waals surface area contributed by atoms with Crippen LogP contribution in [-0.4, -0.2) is 48.8 Å². The number of rotatable bonds is 5. The summed E-state index contributed by atoms with van der Waals surface area (Å²) in [5.41, 5.74) is 0.338. The highest BCUT2D eigenvalue weighted by Crippen LogP contribution is 2.25. The molecule has 3 nitrogen and oxygen atoms in total. The third-order valence-corrected chi connectivity index (χ3v) is 4.98. The van der Waals surface area contributed by atoms with Gasteiger partial charge in [-0.1, -0.05) is 13.8 Å². The van der Waals surface area contributed by atoms with Crippen LogP contribution in [0.1, 0.15) is 52.9 Å². The molecule has 0 aromatic carbocycles. The van der Waals surface area contributed by atoms with Crippen molar-refractivity contribution in [1.29, 1.82) is 0 Å². The Labute approximate surface area is 112 Å². The minimum atomic E-state index is 0.338.